The maximum absolute atomic E-state index is 13.7. The first-order valence-corrected chi connectivity index (χ1v) is 6.96. The van der Waals surface area contributed by atoms with Crippen LogP contribution in [0.2, 0.25) is 0 Å². The molecule has 3 N–H and O–H groups in total. The molecule has 4 heteroatoms. The van der Waals surface area contributed by atoms with Gasteiger partial charge in [0.2, 0.25) is 5.91 Å². The highest BCUT2D eigenvalue weighted by Crippen LogP contribution is 2.26. The molecule has 1 aromatic carbocycles. The van der Waals surface area contributed by atoms with Crippen LogP contribution in [0.3, 0.4) is 0 Å². The van der Waals surface area contributed by atoms with Crippen molar-refractivity contribution in [3.63, 3.8) is 0 Å². The lowest BCUT2D eigenvalue weighted by atomic mass is 10.0. The van der Waals surface area contributed by atoms with E-state index in [1.807, 2.05) is 0 Å². The first kappa shape index (κ1) is 14.0. The van der Waals surface area contributed by atoms with Crippen LogP contribution in [-0.2, 0) is 6.54 Å². The standard InChI is InChI=1S/C15H21FN2O/c16-14-9-12(15(17)19)5-6-13(14)10-18-8-7-11-3-1-2-4-11/h5-6,9,11,18H,1-4,7-8,10H2,(H2,17,19). The van der Waals surface area contributed by atoms with Gasteiger partial charge in [0.25, 0.3) is 0 Å². The zero-order valence-corrected chi connectivity index (χ0v) is 11.1. The highest BCUT2D eigenvalue weighted by atomic mass is 19.1. The van der Waals surface area contributed by atoms with Gasteiger partial charge in [-0.15, -0.1) is 0 Å². The van der Waals surface area contributed by atoms with Gasteiger partial charge in [0, 0.05) is 17.7 Å². The van der Waals surface area contributed by atoms with E-state index in [0.717, 1.165) is 12.5 Å². The number of benzene rings is 1. The van der Waals surface area contributed by atoms with E-state index in [1.54, 1.807) is 12.1 Å². The zero-order chi connectivity index (χ0) is 13.7. The van der Waals surface area contributed by atoms with E-state index in [1.165, 1.54) is 38.2 Å². The summed E-state index contributed by atoms with van der Waals surface area (Å²) < 4.78 is 13.7. The Hall–Kier alpha value is -1.42. The Labute approximate surface area is 113 Å². The van der Waals surface area contributed by atoms with Gasteiger partial charge < -0.3 is 11.1 Å². The molecule has 0 heterocycles. The van der Waals surface area contributed by atoms with Crippen molar-refractivity contribution in [1.29, 1.82) is 0 Å². The molecule has 3 nitrogen and oxygen atoms in total. The molecule has 0 atom stereocenters. The minimum atomic E-state index is -0.598. The van der Waals surface area contributed by atoms with E-state index in [9.17, 15) is 9.18 Å². The molecule has 19 heavy (non-hydrogen) atoms. The molecule has 0 aromatic heterocycles. The predicted molar refractivity (Wildman–Crippen MR) is 73.2 cm³/mol. The third kappa shape index (κ3) is 4.03. The van der Waals surface area contributed by atoms with Crippen LogP contribution in [0, 0.1) is 11.7 Å². The normalized spacial score (nSPS) is 15.8. The molecule has 1 aliphatic carbocycles. The van der Waals surface area contributed by atoms with Crippen LogP contribution in [0.1, 0.15) is 48.0 Å². The fraction of sp³-hybridized carbons (Fsp3) is 0.533. The van der Waals surface area contributed by atoms with Gasteiger partial charge in [-0.25, -0.2) is 4.39 Å². The smallest absolute Gasteiger partial charge is 0.248 e. The topological polar surface area (TPSA) is 55.1 Å². The second kappa shape index (κ2) is 6.66. The molecule has 0 aliphatic heterocycles. The largest absolute Gasteiger partial charge is 0.366 e. The van der Waals surface area contributed by atoms with E-state index in [0.29, 0.717) is 12.1 Å². The number of carbonyl (C=O) groups excluding carboxylic acids is 1. The van der Waals surface area contributed by atoms with Gasteiger partial charge in [-0.1, -0.05) is 31.7 Å². The number of rotatable bonds is 6. The molecule has 1 aliphatic rings. The average Bonchev–Trinajstić information content (AvgIpc) is 2.89. The van der Waals surface area contributed by atoms with Crippen LogP contribution in [0.15, 0.2) is 18.2 Å². The summed E-state index contributed by atoms with van der Waals surface area (Å²) in [4.78, 5) is 10.9. The molecule has 0 bridgehead atoms. The van der Waals surface area contributed by atoms with E-state index in [-0.39, 0.29) is 11.4 Å². The fourth-order valence-electron chi connectivity index (χ4n) is 2.67. The Kier molecular flexibility index (Phi) is 4.91. The SMILES string of the molecule is NC(=O)c1ccc(CNCCC2CCCC2)c(F)c1. The molecule has 1 fully saturated rings. The lowest BCUT2D eigenvalue weighted by molar-refractivity contribution is 0.1000. The number of nitrogens with one attached hydrogen (secondary N) is 1. The summed E-state index contributed by atoms with van der Waals surface area (Å²) in [5, 5.41) is 3.26. The maximum Gasteiger partial charge on any atom is 0.248 e. The van der Waals surface area contributed by atoms with Gasteiger partial charge in [-0.2, -0.15) is 0 Å². The van der Waals surface area contributed by atoms with E-state index in [2.05, 4.69) is 5.32 Å². The van der Waals surface area contributed by atoms with Crippen LogP contribution >= 0.6 is 0 Å². The van der Waals surface area contributed by atoms with Crippen LogP contribution in [-0.4, -0.2) is 12.5 Å². The van der Waals surface area contributed by atoms with Crippen molar-refractivity contribution < 1.29 is 9.18 Å². The summed E-state index contributed by atoms with van der Waals surface area (Å²) in [5.74, 6) is -0.126. The molecule has 1 aromatic rings. The quantitative estimate of drug-likeness (QED) is 0.776. The molecular formula is C15H21FN2O. The summed E-state index contributed by atoms with van der Waals surface area (Å²) in [6.45, 7) is 1.42. The second-order valence-corrected chi connectivity index (χ2v) is 5.29. The Bertz CT molecular complexity index is 442. The van der Waals surface area contributed by atoms with Crippen molar-refractivity contribution in [3.05, 3.63) is 35.1 Å². The monoisotopic (exact) mass is 264 g/mol. The highest BCUT2D eigenvalue weighted by Gasteiger charge is 2.14. The summed E-state index contributed by atoms with van der Waals surface area (Å²) in [6.07, 6.45) is 6.55. The molecule has 0 unspecified atom stereocenters. The van der Waals surface area contributed by atoms with Gasteiger partial charge in [-0.05, 0) is 31.0 Å². The second-order valence-electron chi connectivity index (χ2n) is 5.29. The van der Waals surface area contributed by atoms with Crippen molar-refractivity contribution in [3.8, 4) is 0 Å². The van der Waals surface area contributed by atoms with Gasteiger partial charge in [0.1, 0.15) is 5.82 Å². The highest BCUT2D eigenvalue weighted by molar-refractivity contribution is 5.92. The first-order chi connectivity index (χ1) is 9.16. The third-order valence-electron chi connectivity index (χ3n) is 3.86. The number of hydrogen-bond acceptors (Lipinski definition) is 2. The fourth-order valence-corrected chi connectivity index (χ4v) is 2.67. The minimum absolute atomic E-state index is 0.215. The number of primary amides is 1. The van der Waals surface area contributed by atoms with Gasteiger partial charge in [0.15, 0.2) is 0 Å². The molecule has 2 rings (SSSR count). The number of carbonyl (C=O) groups is 1. The summed E-state index contributed by atoms with van der Waals surface area (Å²) in [6, 6.07) is 4.40. The number of halogens is 1. The van der Waals surface area contributed by atoms with E-state index >= 15 is 0 Å². The van der Waals surface area contributed by atoms with E-state index < -0.39 is 5.91 Å². The van der Waals surface area contributed by atoms with Gasteiger partial charge >= 0.3 is 0 Å². The molecule has 0 spiro atoms. The Morgan fingerprint density at radius 1 is 1.37 bits per heavy atom. The van der Waals surface area contributed by atoms with Crippen LogP contribution in [0.5, 0.6) is 0 Å². The van der Waals surface area contributed by atoms with Gasteiger partial charge in [-0.3, -0.25) is 4.79 Å². The van der Waals surface area contributed by atoms with Crippen molar-refractivity contribution in [1.82, 2.24) is 5.32 Å². The van der Waals surface area contributed by atoms with Crippen molar-refractivity contribution >= 4 is 5.91 Å². The number of amides is 1. The van der Waals surface area contributed by atoms with Crippen LogP contribution in [0.25, 0.3) is 0 Å². The van der Waals surface area contributed by atoms with Crippen LogP contribution < -0.4 is 11.1 Å². The lowest BCUT2D eigenvalue weighted by Gasteiger charge is -2.10. The molecule has 0 radical (unpaired) electrons. The Morgan fingerprint density at radius 3 is 2.74 bits per heavy atom. The zero-order valence-electron chi connectivity index (χ0n) is 11.1. The third-order valence-corrected chi connectivity index (χ3v) is 3.86. The molecular weight excluding hydrogens is 243 g/mol. The van der Waals surface area contributed by atoms with Crippen LogP contribution in [0.4, 0.5) is 4.39 Å². The van der Waals surface area contributed by atoms with Crippen molar-refractivity contribution in [2.75, 3.05) is 6.54 Å². The molecule has 1 amide bonds. The summed E-state index contributed by atoms with van der Waals surface area (Å²) in [7, 11) is 0. The lowest BCUT2D eigenvalue weighted by Crippen LogP contribution is -2.18. The van der Waals surface area contributed by atoms with Crippen molar-refractivity contribution in [2.24, 2.45) is 11.7 Å². The Balaban J connectivity index is 1.77. The average molecular weight is 264 g/mol. The first-order valence-electron chi connectivity index (χ1n) is 6.96. The maximum atomic E-state index is 13.7. The predicted octanol–water partition coefficient (Wildman–Crippen LogP) is 2.59. The molecule has 1 saturated carbocycles. The van der Waals surface area contributed by atoms with Gasteiger partial charge in [0.05, 0.1) is 0 Å². The summed E-state index contributed by atoms with van der Waals surface area (Å²) >= 11 is 0. The minimum Gasteiger partial charge on any atom is -0.366 e. The number of nitrogens with two attached hydrogens (primary N) is 1. The Morgan fingerprint density at radius 2 is 2.11 bits per heavy atom. The van der Waals surface area contributed by atoms with Crippen molar-refractivity contribution in [2.45, 2.75) is 38.6 Å². The summed E-state index contributed by atoms with van der Waals surface area (Å²) in [5.41, 5.74) is 5.90. The number of hydrogen-bond donors (Lipinski definition) is 2. The van der Waals surface area contributed by atoms with E-state index in [4.69, 9.17) is 5.73 Å². The molecule has 0 saturated heterocycles. The molecule has 104 valence electrons.